The number of carbonyl (C=O) groups is 1. The molecule has 92 valence electrons. The standard InChI is InChI=1S/C11H7ClFN3O2/c12-6-1-2-8(7(13)5-6)14-10-4-3-9(11(17)18)15-16-10/h1-5H,(H,14,16)(H,17,18). The average molecular weight is 268 g/mol. The quantitative estimate of drug-likeness (QED) is 0.894. The van der Waals surface area contributed by atoms with Gasteiger partial charge < -0.3 is 10.4 Å². The lowest BCUT2D eigenvalue weighted by Crippen LogP contribution is -2.04. The van der Waals surface area contributed by atoms with E-state index in [1.807, 2.05) is 0 Å². The summed E-state index contributed by atoms with van der Waals surface area (Å²) in [7, 11) is 0. The number of carboxylic acid groups (broad SMARTS) is 1. The topological polar surface area (TPSA) is 75.1 Å². The Labute approximate surface area is 106 Å². The van der Waals surface area contributed by atoms with E-state index in [4.69, 9.17) is 16.7 Å². The summed E-state index contributed by atoms with van der Waals surface area (Å²) in [5.41, 5.74) is -0.00565. The maximum absolute atomic E-state index is 13.5. The molecule has 0 aliphatic rings. The Hall–Kier alpha value is -2.21. The fraction of sp³-hybridized carbons (Fsp3) is 0. The molecular formula is C11H7ClFN3O2. The van der Waals surface area contributed by atoms with Crippen LogP contribution in [0.3, 0.4) is 0 Å². The molecular weight excluding hydrogens is 261 g/mol. The molecule has 1 aromatic carbocycles. The zero-order valence-corrected chi connectivity index (χ0v) is 9.65. The summed E-state index contributed by atoms with van der Waals surface area (Å²) in [5, 5.41) is 18.7. The van der Waals surface area contributed by atoms with Crippen molar-refractivity contribution in [2.45, 2.75) is 0 Å². The maximum Gasteiger partial charge on any atom is 0.356 e. The van der Waals surface area contributed by atoms with Gasteiger partial charge in [-0.05, 0) is 30.3 Å². The lowest BCUT2D eigenvalue weighted by molar-refractivity contribution is 0.0689. The number of nitrogens with one attached hydrogen (secondary N) is 1. The van der Waals surface area contributed by atoms with Gasteiger partial charge in [0, 0.05) is 5.02 Å². The van der Waals surface area contributed by atoms with E-state index < -0.39 is 11.8 Å². The number of aromatic nitrogens is 2. The van der Waals surface area contributed by atoms with E-state index in [1.165, 1.54) is 24.3 Å². The molecule has 0 aliphatic carbocycles. The van der Waals surface area contributed by atoms with E-state index in [0.29, 0.717) is 0 Å². The fourth-order valence-electron chi connectivity index (χ4n) is 1.24. The van der Waals surface area contributed by atoms with Crippen molar-refractivity contribution >= 4 is 29.1 Å². The Morgan fingerprint density at radius 3 is 2.61 bits per heavy atom. The van der Waals surface area contributed by atoms with Gasteiger partial charge in [0.2, 0.25) is 0 Å². The first-order valence-corrected chi connectivity index (χ1v) is 5.23. The van der Waals surface area contributed by atoms with E-state index in [1.54, 1.807) is 0 Å². The van der Waals surface area contributed by atoms with Crippen LogP contribution in [0, 0.1) is 5.82 Å². The molecule has 0 saturated heterocycles. The largest absolute Gasteiger partial charge is 0.476 e. The van der Waals surface area contributed by atoms with Gasteiger partial charge in [0.05, 0.1) is 5.69 Å². The van der Waals surface area contributed by atoms with E-state index in [0.717, 1.165) is 6.07 Å². The highest BCUT2D eigenvalue weighted by molar-refractivity contribution is 6.30. The fourth-order valence-corrected chi connectivity index (χ4v) is 1.40. The molecule has 2 N–H and O–H groups in total. The van der Waals surface area contributed by atoms with Crippen molar-refractivity contribution in [1.29, 1.82) is 0 Å². The summed E-state index contributed by atoms with van der Waals surface area (Å²) in [6.07, 6.45) is 0. The highest BCUT2D eigenvalue weighted by atomic mass is 35.5. The van der Waals surface area contributed by atoms with E-state index in [9.17, 15) is 9.18 Å². The molecule has 5 nitrogen and oxygen atoms in total. The summed E-state index contributed by atoms with van der Waals surface area (Å²) in [4.78, 5) is 10.6. The van der Waals surface area contributed by atoms with Crippen molar-refractivity contribution < 1.29 is 14.3 Å². The second kappa shape index (κ2) is 4.97. The second-order valence-electron chi connectivity index (χ2n) is 3.36. The number of carboxylic acids is 1. The van der Waals surface area contributed by atoms with Crippen molar-refractivity contribution in [3.05, 3.63) is 46.9 Å². The summed E-state index contributed by atoms with van der Waals surface area (Å²) in [6.45, 7) is 0. The minimum Gasteiger partial charge on any atom is -0.476 e. The molecule has 0 radical (unpaired) electrons. The Morgan fingerprint density at radius 2 is 2.06 bits per heavy atom. The molecule has 1 heterocycles. The van der Waals surface area contributed by atoms with E-state index in [2.05, 4.69) is 15.5 Å². The first-order chi connectivity index (χ1) is 8.56. The van der Waals surface area contributed by atoms with E-state index in [-0.39, 0.29) is 22.2 Å². The van der Waals surface area contributed by atoms with Gasteiger partial charge in [0.25, 0.3) is 0 Å². The third-order valence-electron chi connectivity index (χ3n) is 2.08. The molecule has 0 aliphatic heterocycles. The van der Waals surface area contributed by atoms with Crippen molar-refractivity contribution in [3.8, 4) is 0 Å². The van der Waals surface area contributed by atoms with Gasteiger partial charge in [-0.2, -0.15) is 0 Å². The number of hydrogen-bond acceptors (Lipinski definition) is 4. The average Bonchev–Trinajstić information content (AvgIpc) is 2.33. The SMILES string of the molecule is O=C(O)c1ccc(Nc2ccc(Cl)cc2F)nn1. The van der Waals surface area contributed by atoms with Gasteiger partial charge in [-0.3, -0.25) is 0 Å². The summed E-state index contributed by atoms with van der Waals surface area (Å²) < 4.78 is 13.5. The number of halogens is 2. The van der Waals surface area contributed by atoms with Crippen molar-refractivity contribution in [2.75, 3.05) is 5.32 Å². The predicted molar refractivity (Wildman–Crippen MR) is 63.7 cm³/mol. The smallest absolute Gasteiger partial charge is 0.356 e. The van der Waals surface area contributed by atoms with Crippen LogP contribution in [0.1, 0.15) is 10.5 Å². The van der Waals surface area contributed by atoms with Gasteiger partial charge in [-0.25, -0.2) is 9.18 Å². The molecule has 0 saturated carbocycles. The lowest BCUT2D eigenvalue weighted by atomic mass is 10.3. The lowest BCUT2D eigenvalue weighted by Gasteiger charge is -2.06. The molecule has 0 unspecified atom stereocenters. The number of anilines is 2. The zero-order valence-electron chi connectivity index (χ0n) is 8.89. The molecule has 2 aromatic rings. The third-order valence-corrected chi connectivity index (χ3v) is 2.31. The molecule has 7 heteroatoms. The molecule has 0 amide bonds. The summed E-state index contributed by atoms with van der Waals surface area (Å²) >= 11 is 5.61. The molecule has 0 bridgehead atoms. The van der Waals surface area contributed by atoms with E-state index >= 15 is 0 Å². The first-order valence-electron chi connectivity index (χ1n) is 4.85. The number of hydrogen-bond donors (Lipinski definition) is 2. The molecule has 18 heavy (non-hydrogen) atoms. The monoisotopic (exact) mass is 267 g/mol. The van der Waals surface area contributed by atoms with Gasteiger partial charge in [-0.15, -0.1) is 10.2 Å². The number of aromatic carboxylic acids is 1. The first kappa shape index (κ1) is 12.3. The molecule has 0 atom stereocenters. The number of benzene rings is 1. The molecule has 1 aromatic heterocycles. The molecule has 2 rings (SSSR count). The van der Waals surface area contributed by atoms with Gasteiger partial charge in [0.15, 0.2) is 11.5 Å². The highest BCUT2D eigenvalue weighted by Gasteiger charge is 2.07. The Morgan fingerprint density at radius 1 is 1.28 bits per heavy atom. The van der Waals surface area contributed by atoms with Crippen LogP contribution in [-0.2, 0) is 0 Å². The van der Waals surface area contributed by atoms with Crippen molar-refractivity contribution in [2.24, 2.45) is 0 Å². The van der Waals surface area contributed by atoms with Crippen LogP contribution in [0.4, 0.5) is 15.9 Å². The van der Waals surface area contributed by atoms with Crippen LogP contribution in [-0.4, -0.2) is 21.3 Å². The Bertz CT molecular complexity index is 589. The maximum atomic E-state index is 13.5. The zero-order chi connectivity index (χ0) is 13.1. The van der Waals surface area contributed by atoms with Gasteiger partial charge in [0.1, 0.15) is 5.82 Å². The predicted octanol–water partition coefficient (Wildman–Crippen LogP) is 2.71. The van der Waals surface area contributed by atoms with Crippen LogP contribution in [0.15, 0.2) is 30.3 Å². The summed E-state index contributed by atoms with van der Waals surface area (Å²) in [5.74, 6) is -1.47. The van der Waals surface area contributed by atoms with Crippen LogP contribution in [0.2, 0.25) is 5.02 Å². The Kier molecular flexibility index (Phi) is 3.38. The van der Waals surface area contributed by atoms with Gasteiger partial charge >= 0.3 is 5.97 Å². The number of nitrogens with zero attached hydrogens (tertiary/aromatic N) is 2. The minimum absolute atomic E-state index is 0.178. The van der Waals surface area contributed by atoms with Crippen LogP contribution < -0.4 is 5.32 Å². The van der Waals surface area contributed by atoms with Gasteiger partial charge in [-0.1, -0.05) is 11.6 Å². The van der Waals surface area contributed by atoms with Crippen molar-refractivity contribution in [1.82, 2.24) is 10.2 Å². The normalized spacial score (nSPS) is 10.1. The molecule has 0 spiro atoms. The molecule has 0 fully saturated rings. The second-order valence-corrected chi connectivity index (χ2v) is 3.79. The third kappa shape index (κ3) is 2.72. The minimum atomic E-state index is -1.17. The van der Waals surface area contributed by atoms with Crippen LogP contribution in [0.5, 0.6) is 0 Å². The Balaban J connectivity index is 2.21. The van der Waals surface area contributed by atoms with Crippen molar-refractivity contribution in [3.63, 3.8) is 0 Å². The van der Waals surface area contributed by atoms with Crippen LogP contribution in [0.25, 0.3) is 0 Å². The highest BCUT2D eigenvalue weighted by Crippen LogP contribution is 2.21. The number of rotatable bonds is 3. The van der Waals surface area contributed by atoms with Crippen LogP contribution >= 0.6 is 11.6 Å². The summed E-state index contributed by atoms with van der Waals surface area (Å²) in [6, 6.07) is 6.79.